The van der Waals surface area contributed by atoms with E-state index >= 15 is 0 Å². The van der Waals surface area contributed by atoms with Crippen LogP contribution in [-0.4, -0.2) is 27.8 Å². The maximum atomic E-state index is 13.2. The second-order valence-electron chi connectivity index (χ2n) is 9.31. The van der Waals surface area contributed by atoms with Crippen molar-refractivity contribution in [2.75, 3.05) is 0 Å². The summed E-state index contributed by atoms with van der Waals surface area (Å²) in [5.41, 5.74) is 7.95. The van der Waals surface area contributed by atoms with Crippen LogP contribution in [0.4, 0.5) is 0 Å². The molecule has 176 valence electrons. The van der Waals surface area contributed by atoms with E-state index in [1.165, 1.54) is 5.56 Å². The molecule has 3 aromatic rings. The molecule has 1 aliphatic heterocycles. The lowest BCUT2D eigenvalue weighted by Crippen LogP contribution is -2.37. The number of aromatic nitrogens is 2. The normalized spacial score (nSPS) is 16.1. The fourth-order valence-electron chi connectivity index (χ4n) is 4.73. The van der Waals surface area contributed by atoms with Gasteiger partial charge in [0.15, 0.2) is 0 Å². The van der Waals surface area contributed by atoms with Gasteiger partial charge < -0.3 is 10.1 Å². The second-order valence-corrected chi connectivity index (χ2v) is 9.31. The summed E-state index contributed by atoms with van der Waals surface area (Å²) in [5.74, 6) is -0.535. The van der Waals surface area contributed by atoms with Crippen LogP contribution in [0, 0.1) is 20.8 Å². The van der Waals surface area contributed by atoms with E-state index in [0.717, 1.165) is 39.2 Å². The number of rotatable bonds is 5. The Bertz CT molecular complexity index is 1260. The maximum Gasteiger partial charge on any atom is 0.336 e. The summed E-state index contributed by atoms with van der Waals surface area (Å²) in [7, 11) is 0. The maximum absolute atomic E-state index is 13.2. The van der Waals surface area contributed by atoms with Gasteiger partial charge in [0, 0.05) is 23.7 Å². The van der Waals surface area contributed by atoms with Gasteiger partial charge >= 0.3 is 5.97 Å². The van der Waals surface area contributed by atoms with E-state index in [4.69, 9.17) is 9.84 Å². The topological polar surface area (TPSA) is 73.2 Å². The number of carbonyl (C=O) groups is 2. The summed E-state index contributed by atoms with van der Waals surface area (Å²) < 4.78 is 7.38. The molecule has 0 saturated heterocycles. The molecule has 1 amide bonds. The van der Waals surface area contributed by atoms with Gasteiger partial charge in [-0.2, -0.15) is 5.10 Å². The predicted molar refractivity (Wildman–Crippen MR) is 133 cm³/mol. The molecule has 6 heteroatoms. The number of para-hydroxylation sites is 1. The Labute approximate surface area is 200 Å². The Morgan fingerprint density at radius 3 is 2.35 bits per heavy atom. The van der Waals surface area contributed by atoms with Crippen LogP contribution < -0.4 is 5.32 Å². The molecule has 0 spiro atoms. The number of amides is 1. The fourth-order valence-corrected chi connectivity index (χ4v) is 4.73. The summed E-state index contributed by atoms with van der Waals surface area (Å²) >= 11 is 0. The molecule has 1 N–H and O–H groups in total. The van der Waals surface area contributed by atoms with Gasteiger partial charge in [-0.3, -0.25) is 4.79 Å². The van der Waals surface area contributed by atoms with E-state index in [9.17, 15) is 9.59 Å². The number of esters is 1. The van der Waals surface area contributed by atoms with Crippen LogP contribution in [0.5, 0.6) is 0 Å². The zero-order valence-corrected chi connectivity index (χ0v) is 20.6. The van der Waals surface area contributed by atoms with Crippen molar-refractivity contribution in [1.82, 2.24) is 15.1 Å². The standard InChI is InChI=1S/C28H31N3O3/c1-16(2)34-28(33)25-20(6)14-23(32)29-26(25)22-15-31(21-10-8-7-9-11-21)30-27(22)24-18(4)12-17(3)13-19(24)5/h7-13,15-16,26H,14H2,1-6H3,(H,29,32). The number of nitrogens with zero attached hydrogens (tertiary/aromatic N) is 2. The Morgan fingerprint density at radius 2 is 1.74 bits per heavy atom. The predicted octanol–water partition coefficient (Wildman–Crippen LogP) is 5.29. The van der Waals surface area contributed by atoms with Gasteiger partial charge in [-0.15, -0.1) is 0 Å². The molecule has 0 saturated carbocycles. The first-order valence-corrected chi connectivity index (χ1v) is 11.6. The van der Waals surface area contributed by atoms with Crippen molar-refractivity contribution in [1.29, 1.82) is 0 Å². The molecule has 0 bridgehead atoms. The van der Waals surface area contributed by atoms with Crippen molar-refractivity contribution < 1.29 is 14.3 Å². The lowest BCUT2D eigenvalue weighted by atomic mass is 9.87. The number of hydrogen-bond donors (Lipinski definition) is 1. The molecule has 0 aliphatic carbocycles. The van der Waals surface area contributed by atoms with Gasteiger partial charge in [0.25, 0.3) is 0 Å². The monoisotopic (exact) mass is 457 g/mol. The van der Waals surface area contributed by atoms with Crippen molar-refractivity contribution in [2.24, 2.45) is 0 Å². The number of nitrogens with one attached hydrogen (secondary N) is 1. The van der Waals surface area contributed by atoms with Crippen LogP contribution >= 0.6 is 0 Å². The summed E-state index contributed by atoms with van der Waals surface area (Å²) in [4.78, 5) is 25.8. The number of benzene rings is 2. The third-order valence-corrected chi connectivity index (χ3v) is 6.03. The van der Waals surface area contributed by atoms with Gasteiger partial charge in [-0.1, -0.05) is 41.5 Å². The highest BCUT2D eigenvalue weighted by atomic mass is 16.5. The molecular formula is C28H31N3O3. The first-order valence-electron chi connectivity index (χ1n) is 11.6. The largest absolute Gasteiger partial charge is 0.460 e. The van der Waals surface area contributed by atoms with E-state index in [0.29, 0.717) is 5.57 Å². The van der Waals surface area contributed by atoms with E-state index in [-0.39, 0.29) is 18.4 Å². The van der Waals surface area contributed by atoms with Crippen molar-refractivity contribution in [3.63, 3.8) is 0 Å². The third kappa shape index (κ3) is 4.53. The highest BCUT2D eigenvalue weighted by molar-refractivity contribution is 5.96. The zero-order chi connectivity index (χ0) is 24.6. The Kier molecular flexibility index (Phi) is 6.42. The van der Waals surface area contributed by atoms with Gasteiger partial charge in [0.2, 0.25) is 5.91 Å². The average Bonchev–Trinajstić information content (AvgIpc) is 3.17. The SMILES string of the molecule is CC1=C(C(=O)OC(C)C)C(c2cn(-c3ccccc3)nc2-c2c(C)cc(C)cc2C)NC(=O)C1. The van der Waals surface area contributed by atoms with Gasteiger partial charge in [0.05, 0.1) is 29.1 Å². The number of aryl methyl sites for hydroxylation is 3. The first-order chi connectivity index (χ1) is 16.2. The van der Waals surface area contributed by atoms with Crippen LogP contribution in [0.1, 0.15) is 55.5 Å². The fraction of sp³-hybridized carbons (Fsp3) is 0.321. The van der Waals surface area contributed by atoms with E-state index in [1.807, 2.05) is 62.0 Å². The van der Waals surface area contributed by atoms with Crippen LogP contribution in [0.3, 0.4) is 0 Å². The van der Waals surface area contributed by atoms with Gasteiger partial charge in [0.1, 0.15) is 0 Å². The molecule has 1 aliphatic rings. The molecule has 4 rings (SSSR count). The summed E-state index contributed by atoms with van der Waals surface area (Å²) in [6, 6.07) is 13.4. The molecule has 1 atom stereocenters. The zero-order valence-electron chi connectivity index (χ0n) is 20.6. The molecule has 1 unspecified atom stereocenters. The van der Waals surface area contributed by atoms with Crippen LogP contribution in [-0.2, 0) is 14.3 Å². The number of ether oxygens (including phenoxy) is 1. The summed E-state index contributed by atoms with van der Waals surface area (Å²) in [5, 5.41) is 8.01. The van der Waals surface area contributed by atoms with Crippen molar-refractivity contribution in [2.45, 2.75) is 60.1 Å². The van der Waals surface area contributed by atoms with Gasteiger partial charge in [-0.05, 0) is 64.8 Å². The quantitative estimate of drug-likeness (QED) is 0.528. The van der Waals surface area contributed by atoms with E-state index in [2.05, 4.69) is 38.2 Å². The smallest absolute Gasteiger partial charge is 0.336 e. The molecule has 2 heterocycles. The lowest BCUT2D eigenvalue weighted by Gasteiger charge is -2.28. The molecule has 6 nitrogen and oxygen atoms in total. The van der Waals surface area contributed by atoms with E-state index < -0.39 is 12.0 Å². The third-order valence-electron chi connectivity index (χ3n) is 6.03. The first kappa shape index (κ1) is 23.5. The summed E-state index contributed by atoms with van der Waals surface area (Å²) in [6.45, 7) is 11.7. The van der Waals surface area contributed by atoms with Crippen molar-refractivity contribution in [3.05, 3.63) is 82.1 Å². The lowest BCUT2D eigenvalue weighted by molar-refractivity contribution is -0.143. The Morgan fingerprint density at radius 1 is 1.09 bits per heavy atom. The van der Waals surface area contributed by atoms with Crippen LogP contribution in [0.15, 0.2) is 59.8 Å². The highest BCUT2D eigenvalue weighted by Gasteiger charge is 2.35. The Hall–Kier alpha value is -3.67. The van der Waals surface area contributed by atoms with Crippen LogP contribution in [0.25, 0.3) is 16.9 Å². The minimum absolute atomic E-state index is 0.126. The minimum Gasteiger partial charge on any atom is -0.460 e. The molecule has 34 heavy (non-hydrogen) atoms. The molecule has 0 fully saturated rings. The average molecular weight is 458 g/mol. The van der Waals surface area contributed by atoms with Gasteiger partial charge in [-0.25, -0.2) is 9.48 Å². The highest BCUT2D eigenvalue weighted by Crippen LogP contribution is 2.39. The summed E-state index contributed by atoms with van der Waals surface area (Å²) in [6.07, 6.45) is 1.82. The van der Waals surface area contributed by atoms with Crippen LogP contribution in [0.2, 0.25) is 0 Å². The molecule has 1 aromatic heterocycles. The van der Waals surface area contributed by atoms with E-state index in [1.54, 1.807) is 0 Å². The van der Waals surface area contributed by atoms with Crippen molar-refractivity contribution >= 4 is 11.9 Å². The molecular weight excluding hydrogens is 426 g/mol. The van der Waals surface area contributed by atoms with Crippen molar-refractivity contribution in [3.8, 4) is 16.9 Å². The molecule has 2 aromatic carbocycles. The number of carbonyl (C=O) groups excluding carboxylic acids is 2. The second kappa shape index (κ2) is 9.29. The minimum atomic E-state index is -0.653. The molecule has 0 radical (unpaired) electrons. The number of hydrogen-bond acceptors (Lipinski definition) is 4. The Balaban J connectivity index is 1.96.